The minimum absolute atomic E-state index is 0.185. The van der Waals surface area contributed by atoms with Crippen LogP contribution >= 0.6 is 0 Å². The van der Waals surface area contributed by atoms with Crippen LogP contribution in [0.1, 0.15) is 65.2 Å². The second-order valence-corrected chi connectivity index (χ2v) is 5.53. The van der Waals surface area contributed by atoms with Crippen molar-refractivity contribution < 1.29 is 4.79 Å². The normalized spacial score (nSPS) is 24.6. The van der Waals surface area contributed by atoms with Gasteiger partial charge in [0.25, 0.3) is 0 Å². The molecule has 1 fully saturated rings. The molecule has 0 spiro atoms. The Kier molecular flexibility index (Phi) is 8.06. The Labute approximate surface area is 112 Å². The highest BCUT2D eigenvalue weighted by Gasteiger charge is 2.17. The third-order valence-electron chi connectivity index (χ3n) is 4.02. The summed E-state index contributed by atoms with van der Waals surface area (Å²) in [7, 11) is 0. The maximum absolute atomic E-state index is 11.5. The van der Waals surface area contributed by atoms with Crippen molar-refractivity contribution in [2.75, 3.05) is 13.1 Å². The first-order valence-electron chi connectivity index (χ1n) is 7.76. The van der Waals surface area contributed by atoms with E-state index in [1.165, 1.54) is 38.5 Å². The summed E-state index contributed by atoms with van der Waals surface area (Å²) >= 11 is 0. The summed E-state index contributed by atoms with van der Waals surface area (Å²) in [6.07, 6.45) is 9.63. The van der Waals surface area contributed by atoms with E-state index in [-0.39, 0.29) is 5.91 Å². The molecule has 0 heterocycles. The fourth-order valence-corrected chi connectivity index (χ4v) is 2.73. The van der Waals surface area contributed by atoms with Gasteiger partial charge in [0.1, 0.15) is 0 Å². The van der Waals surface area contributed by atoms with Crippen LogP contribution in [0, 0.1) is 5.92 Å². The standard InChI is InChI=1S/C15H30N2O/c1-3-11-17-15(18)10-12-16-14-7-5-6-13(4-2)8-9-14/h13-14,16H,3-12H2,1-2H3,(H,17,18). The molecule has 1 saturated carbocycles. The summed E-state index contributed by atoms with van der Waals surface area (Å²) in [6.45, 7) is 6.02. The molecular formula is C15H30N2O. The van der Waals surface area contributed by atoms with E-state index in [4.69, 9.17) is 0 Å². The van der Waals surface area contributed by atoms with E-state index in [9.17, 15) is 4.79 Å². The Morgan fingerprint density at radius 3 is 2.67 bits per heavy atom. The van der Waals surface area contributed by atoms with Crippen molar-refractivity contribution in [3.05, 3.63) is 0 Å². The van der Waals surface area contributed by atoms with E-state index in [1.807, 2.05) is 0 Å². The van der Waals surface area contributed by atoms with Crippen molar-refractivity contribution >= 4 is 5.91 Å². The number of amides is 1. The van der Waals surface area contributed by atoms with Crippen molar-refractivity contribution in [3.8, 4) is 0 Å². The molecule has 0 radical (unpaired) electrons. The van der Waals surface area contributed by atoms with Gasteiger partial charge in [-0.3, -0.25) is 4.79 Å². The van der Waals surface area contributed by atoms with E-state index >= 15 is 0 Å². The molecule has 1 rings (SSSR count). The maximum Gasteiger partial charge on any atom is 0.221 e. The van der Waals surface area contributed by atoms with Gasteiger partial charge >= 0.3 is 0 Å². The van der Waals surface area contributed by atoms with Crippen molar-refractivity contribution in [1.82, 2.24) is 10.6 Å². The lowest BCUT2D eigenvalue weighted by atomic mass is 9.98. The number of hydrogen-bond donors (Lipinski definition) is 2. The number of nitrogens with one attached hydrogen (secondary N) is 2. The summed E-state index contributed by atoms with van der Waals surface area (Å²) in [5.41, 5.74) is 0. The van der Waals surface area contributed by atoms with E-state index in [0.29, 0.717) is 12.5 Å². The van der Waals surface area contributed by atoms with Crippen LogP contribution in [0.5, 0.6) is 0 Å². The Hall–Kier alpha value is -0.570. The van der Waals surface area contributed by atoms with Crippen LogP contribution in [0.2, 0.25) is 0 Å². The Morgan fingerprint density at radius 2 is 1.94 bits per heavy atom. The molecule has 0 aliphatic heterocycles. The zero-order valence-corrected chi connectivity index (χ0v) is 12.1. The SMILES string of the molecule is CCCNC(=O)CCNC1CCCC(CC)CC1. The third-order valence-corrected chi connectivity index (χ3v) is 4.02. The zero-order valence-electron chi connectivity index (χ0n) is 12.1. The largest absolute Gasteiger partial charge is 0.356 e. The van der Waals surface area contributed by atoms with Gasteiger partial charge < -0.3 is 10.6 Å². The van der Waals surface area contributed by atoms with Crippen LogP contribution in [0.15, 0.2) is 0 Å². The van der Waals surface area contributed by atoms with Gasteiger partial charge in [-0.25, -0.2) is 0 Å². The van der Waals surface area contributed by atoms with Crippen LogP contribution < -0.4 is 10.6 Å². The molecule has 0 aromatic carbocycles. The first-order valence-corrected chi connectivity index (χ1v) is 7.76. The molecule has 3 nitrogen and oxygen atoms in total. The molecule has 0 saturated heterocycles. The van der Waals surface area contributed by atoms with Crippen LogP contribution in [0.4, 0.5) is 0 Å². The minimum Gasteiger partial charge on any atom is -0.356 e. The highest BCUT2D eigenvalue weighted by Crippen LogP contribution is 2.25. The minimum atomic E-state index is 0.185. The van der Waals surface area contributed by atoms with Gasteiger partial charge in [-0.15, -0.1) is 0 Å². The van der Waals surface area contributed by atoms with Crippen LogP contribution in [-0.2, 0) is 4.79 Å². The summed E-state index contributed by atoms with van der Waals surface area (Å²) < 4.78 is 0. The van der Waals surface area contributed by atoms with E-state index < -0.39 is 0 Å². The smallest absolute Gasteiger partial charge is 0.221 e. The average Bonchev–Trinajstić information content (AvgIpc) is 2.61. The predicted octanol–water partition coefficient (Wildman–Crippen LogP) is 2.85. The molecule has 2 unspecified atom stereocenters. The lowest BCUT2D eigenvalue weighted by Gasteiger charge is -2.16. The molecule has 0 bridgehead atoms. The molecule has 0 aromatic heterocycles. The number of carbonyl (C=O) groups is 1. The molecule has 18 heavy (non-hydrogen) atoms. The molecular weight excluding hydrogens is 224 g/mol. The Morgan fingerprint density at radius 1 is 1.11 bits per heavy atom. The van der Waals surface area contributed by atoms with E-state index in [2.05, 4.69) is 24.5 Å². The summed E-state index contributed by atoms with van der Waals surface area (Å²) in [6, 6.07) is 0.639. The lowest BCUT2D eigenvalue weighted by molar-refractivity contribution is -0.121. The van der Waals surface area contributed by atoms with Gasteiger partial charge in [0.05, 0.1) is 0 Å². The van der Waals surface area contributed by atoms with Crippen molar-refractivity contribution in [2.24, 2.45) is 5.92 Å². The van der Waals surface area contributed by atoms with Crippen LogP contribution in [0.3, 0.4) is 0 Å². The van der Waals surface area contributed by atoms with E-state index in [0.717, 1.165) is 25.4 Å². The lowest BCUT2D eigenvalue weighted by Crippen LogP contribution is -2.33. The Balaban J connectivity index is 2.09. The van der Waals surface area contributed by atoms with Gasteiger partial charge in [0, 0.05) is 25.6 Å². The summed E-state index contributed by atoms with van der Waals surface area (Å²) in [4.78, 5) is 11.5. The number of rotatable bonds is 7. The highest BCUT2D eigenvalue weighted by molar-refractivity contribution is 5.75. The van der Waals surface area contributed by atoms with Crippen molar-refractivity contribution in [2.45, 2.75) is 71.3 Å². The first kappa shape index (κ1) is 15.5. The highest BCUT2D eigenvalue weighted by atomic mass is 16.1. The monoisotopic (exact) mass is 254 g/mol. The molecule has 106 valence electrons. The zero-order chi connectivity index (χ0) is 13.2. The van der Waals surface area contributed by atoms with Crippen molar-refractivity contribution in [3.63, 3.8) is 0 Å². The fourth-order valence-electron chi connectivity index (χ4n) is 2.73. The van der Waals surface area contributed by atoms with Gasteiger partial charge in [0.15, 0.2) is 0 Å². The molecule has 1 aliphatic carbocycles. The van der Waals surface area contributed by atoms with Crippen LogP contribution in [0.25, 0.3) is 0 Å². The van der Waals surface area contributed by atoms with Gasteiger partial charge in [-0.1, -0.05) is 33.1 Å². The molecule has 3 heteroatoms. The number of hydrogen-bond acceptors (Lipinski definition) is 2. The maximum atomic E-state index is 11.5. The molecule has 2 atom stereocenters. The molecule has 2 N–H and O–H groups in total. The predicted molar refractivity (Wildman–Crippen MR) is 76.6 cm³/mol. The average molecular weight is 254 g/mol. The quantitative estimate of drug-likeness (QED) is 0.686. The Bertz CT molecular complexity index is 231. The van der Waals surface area contributed by atoms with E-state index in [1.54, 1.807) is 0 Å². The van der Waals surface area contributed by atoms with Crippen molar-refractivity contribution in [1.29, 1.82) is 0 Å². The van der Waals surface area contributed by atoms with Crippen LogP contribution in [-0.4, -0.2) is 25.0 Å². The molecule has 0 aromatic rings. The fraction of sp³-hybridized carbons (Fsp3) is 0.933. The summed E-state index contributed by atoms with van der Waals surface area (Å²) in [5, 5.41) is 6.47. The second-order valence-electron chi connectivity index (χ2n) is 5.53. The first-order chi connectivity index (χ1) is 8.76. The van der Waals surface area contributed by atoms with Gasteiger partial charge in [-0.2, -0.15) is 0 Å². The topological polar surface area (TPSA) is 41.1 Å². The van der Waals surface area contributed by atoms with Gasteiger partial charge in [-0.05, 0) is 31.6 Å². The third kappa shape index (κ3) is 6.39. The molecule has 1 aliphatic rings. The second kappa shape index (κ2) is 9.37. The number of carbonyl (C=O) groups excluding carboxylic acids is 1. The summed E-state index contributed by atoms with van der Waals surface area (Å²) in [5.74, 6) is 1.12. The van der Waals surface area contributed by atoms with Gasteiger partial charge in [0.2, 0.25) is 5.91 Å². The molecule has 1 amide bonds.